The summed E-state index contributed by atoms with van der Waals surface area (Å²) in [5.74, 6) is -0.421. The molecule has 0 aliphatic heterocycles. The van der Waals surface area contributed by atoms with E-state index < -0.39 is 17.6 Å². The van der Waals surface area contributed by atoms with Gasteiger partial charge in [-0.2, -0.15) is 0 Å². The maximum atomic E-state index is 12.0. The third-order valence-electron chi connectivity index (χ3n) is 3.37. The predicted molar refractivity (Wildman–Crippen MR) is 100.0 cm³/mol. The smallest absolute Gasteiger partial charge is 0.407 e. The van der Waals surface area contributed by atoms with Gasteiger partial charge in [-0.15, -0.1) is 0 Å². The Morgan fingerprint density at radius 2 is 2.00 bits per heavy atom. The quantitative estimate of drug-likeness (QED) is 0.680. The van der Waals surface area contributed by atoms with Gasteiger partial charge in [0.05, 0.1) is 18.8 Å². The fraction of sp³-hybridized carbons (Fsp3) is 0.556. The Balaban J connectivity index is 2.66. The van der Waals surface area contributed by atoms with Gasteiger partial charge in [0, 0.05) is 10.9 Å². The molecule has 0 saturated carbocycles. The van der Waals surface area contributed by atoms with Crippen LogP contribution < -0.4 is 11.1 Å². The van der Waals surface area contributed by atoms with E-state index in [4.69, 9.17) is 15.2 Å². The average molecular weight is 415 g/mol. The second-order valence-electron chi connectivity index (χ2n) is 6.90. The van der Waals surface area contributed by atoms with Crippen molar-refractivity contribution in [1.29, 1.82) is 0 Å². The Labute approximate surface area is 157 Å². The zero-order valence-electron chi connectivity index (χ0n) is 15.2. The summed E-state index contributed by atoms with van der Waals surface area (Å²) in [6, 6.07) is 7.40. The molecule has 25 heavy (non-hydrogen) atoms. The molecule has 1 aromatic carbocycles. The van der Waals surface area contributed by atoms with Crippen LogP contribution in [0.4, 0.5) is 4.79 Å². The van der Waals surface area contributed by atoms with Crippen molar-refractivity contribution >= 4 is 27.9 Å². The Hall–Kier alpha value is -1.60. The van der Waals surface area contributed by atoms with Gasteiger partial charge in [-0.05, 0) is 51.8 Å². The number of ether oxygens (including phenoxy) is 2. The number of nitrogens with two attached hydrogens (primary N) is 1. The topological polar surface area (TPSA) is 90.6 Å². The van der Waals surface area contributed by atoms with Gasteiger partial charge in [0.25, 0.3) is 0 Å². The van der Waals surface area contributed by atoms with Gasteiger partial charge in [-0.3, -0.25) is 4.79 Å². The first-order chi connectivity index (χ1) is 11.6. The summed E-state index contributed by atoms with van der Waals surface area (Å²) in [5.41, 5.74) is 5.63. The monoisotopic (exact) mass is 414 g/mol. The van der Waals surface area contributed by atoms with Crippen LogP contribution in [0.15, 0.2) is 28.7 Å². The molecule has 2 amide bonds. The Kier molecular flexibility index (Phi) is 8.38. The van der Waals surface area contributed by atoms with Crippen molar-refractivity contribution in [2.75, 3.05) is 0 Å². The first-order valence-corrected chi connectivity index (χ1v) is 9.00. The van der Waals surface area contributed by atoms with Crippen molar-refractivity contribution in [3.8, 4) is 0 Å². The van der Waals surface area contributed by atoms with Crippen molar-refractivity contribution < 1.29 is 19.1 Å². The van der Waals surface area contributed by atoms with Crippen LogP contribution in [0.25, 0.3) is 0 Å². The molecule has 0 aromatic heterocycles. The van der Waals surface area contributed by atoms with Gasteiger partial charge in [0.1, 0.15) is 5.60 Å². The van der Waals surface area contributed by atoms with Crippen LogP contribution in [0, 0.1) is 0 Å². The highest BCUT2D eigenvalue weighted by molar-refractivity contribution is 9.10. The lowest BCUT2D eigenvalue weighted by Crippen LogP contribution is -2.45. The maximum Gasteiger partial charge on any atom is 0.407 e. The Morgan fingerprint density at radius 1 is 1.32 bits per heavy atom. The first-order valence-electron chi connectivity index (χ1n) is 8.20. The number of benzene rings is 1. The number of carbonyl (C=O) groups is 2. The minimum absolute atomic E-state index is 0.158. The fourth-order valence-electron chi connectivity index (χ4n) is 2.15. The van der Waals surface area contributed by atoms with E-state index in [-0.39, 0.29) is 18.6 Å². The second-order valence-corrected chi connectivity index (χ2v) is 7.82. The second kappa shape index (κ2) is 9.77. The van der Waals surface area contributed by atoms with Crippen molar-refractivity contribution in [3.05, 3.63) is 34.3 Å². The molecule has 140 valence electrons. The molecule has 0 aliphatic rings. The minimum Gasteiger partial charge on any atom is -0.444 e. The highest BCUT2D eigenvalue weighted by Crippen LogP contribution is 2.15. The third-order valence-corrected chi connectivity index (χ3v) is 3.87. The van der Waals surface area contributed by atoms with Crippen LogP contribution in [0.1, 0.15) is 46.1 Å². The van der Waals surface area contributed by atoms with Gasteiger partial charge >= 0.3 is 6.09 Å². The molecule has 0 aliphatic carbocycles. The Morgan fingerprint density at radius 3 is 2.56 bits per heavy atom. The van der Waals surface area contributed by atoms with E-state index in [0.29, 0.717) is 13.0 Å². The fourth-order valence-corrected chi connectivity index (χ4v) is 2.60. The molecule has 1 aromatic rings. The van der Waals surface area contributed by atoms with Crippen LogP contribution in [-0.2, 0) is 20.9 Å². The minimum atomic E-state index is -0.598. The highest BCUT2D eigenvalue weighted by atomic mass is 79.9. The summed E-state index contributed by atoms with van der Waals surface area (Å²) in [4.78, 5) is 23.1. The lowest BCUT2D eigenvalue weighted by atomic mass is 10.1. The molecular formula is C18H27BrN2O4. The van der Waals surface area contributed by atoms with E-state index in [1.54, 1.807) is 20.8 Å². The van der Waals surface area contributed by atoms with E-state index in [1.807, 2.05) is 31.2 Å². The standard InChI is InChI=1S/C18H27BrN2O4/c1-12(24-11-13-6-5-7-14(19)10-13)15(8-9-16(20)22)21-17(23)25-18(2,3)4/h5-7,10,12,15H,8-9,11H2,1-4H3,(H2,20,22)(H,21,23)/t12-,15+/m1/s1. The van der Waals surface area contributed by atoms with Crippen LogP contribution >= 0.6 is 15.9 Å². The van der Waals surface area contributed by atoms with Gasteiger partial charge in [-0.1, -0.05) is 28.1 Å². The number of hydrogen-bond acceptors (Lipinski definition) is 4. The Bertz CT molecular complexity index is 587. The summed E-state index contributed by atoms with van der Waals surface area (Å²) < 4.78 is 12.1. The SMILES string of the molecule is C[C@@H](OCc1cccc(Br)c1)[C@H](CCC(N)=O)NC(=O)OC(C)(C)C. The van der Waals surface area contributed by atoms with E-state index in [9.17, 15) is 9.59 Å². The van der Waals surface area contributed by atoms with Gasteiger partial charge < -0.3 is 20.5 Å². The highest BCUT2D eigenvalue weighted by Gasteiger charge is 2.24. The van der Waals surface area contributed by atoms with Crippen molar-refractivity contribution in [2.45, 2.75) is 64.9 Å². The van der Waals surface area contributed by atoms with E-state index in [0.717, 1.165) is 10.0 Å². The molecule has 0 fully saturated rings. The number of primary amides is 1. The maximum absolute atomic E-state index is 12.0. The molecule has 0 radical (unpaired) electrons. The molecule has 6 nitrogen and oxygen atoms in total. The van der Waals surface area contributed by atoms with Gasteiger partial charge in [0.15, 0.2) is 0 Å². The summed E-state index contributed by atoms with van der Waals surface area (Å²) in [6.07, 6.45) is -0.315. The number of halogens is 1. The zero-order valence-corrected chi connectivity index (χ0v) is 16.8. The molecule has 0 heterocycles. The number of hydrogen-bond donors (Lipinski definition) is 2. The summed E-state index contributed by atoms with van der Waals surface area (Å²) in [5, 5.41) is 2.77. The molecule has 0 spiro atoms. The number of carbonyl (C=O) groups excluding carboxylic acids is 2. The molecule has 0 unspecified atom stereocenters. The van der Waals surface area contributed by atoms with Crippen molar-refractivity contribution in [3.63, 3.8) is 0 Å². The number of nitrogens with one attached hydrogen (secondary N) is 1. The van der Waals surface area contributed by atoms with Crippen LogP contribution in [0.3, 0.4) is 0 Å². The molecule has 3 N–H and O–H groups in total. The summed E-state index contributed by atoms with van der Waals surface area (Å²) in [7, 11) is 0. The normalized spacial score (nSPS) is 13.8. The zero-order chi connectivity index (χ0) is 19.0. The average Bonchev–Trinajstić information content (AvgIpc) is 2.47. The van der Waals surface area contributed by atoms with Crippen LogP contribution in [0.5, 0.6) is 0 Å². The lowest BCUT2D eigenvalue weighted by Gasteiger charge is -2.27. The van der Waals surface area contributed by atoms with E-state index in [1.165, 1.54) is 0 Å². The molecule has 7 heteroatoms. The van der Waals surface area contributed by atoms with Crippen molar-refractivity contribution in [1.82, 2.24) is 5.32 Å². The largest absolute Gasteiger partial charge is 0.444 e. The third kappa shape index (κ3) is 9.45. The van der Waals surface area contributed by atoms with Crippen LogP contribution in [-0.4, -0.2) is 29.7 Å². The van der Waals surface area contributed by atoms with E-state index >= 15 is 0 Å². The molecule has 1 rings (SSSR count). The number of alkyl carbamates (subject to hydrolysis) is 1. The van der Waals surface area contributed by atoms with Crippen LogP contribution in [0.2, 0.25) is 0 Å². The van der Waals surface area contributed by atoms with Gasteiger partial charge in [0.2, 0.25) is 5.91 Å². The molecule has 2 atom stereocenters. The molecule has 0 bridgehead atoms. The first kappa shape index (κ1) is 21.4. The number of rotatable bonds is 8. The molecule has 0 saturated heterocycles. The lowest BCUT2D eigenvalue weighted by molar-refractivity contribution is -0.118. The van der Waals surface area contributed by atoms with Crippen molar-refractivity contribution in [2.24, 2.45) is 5.73 Å². The van der Waals surface area contributed by atoms with E-state index in [2.05, 4.69) is 21.2 Å². The summed E-state index contributed by atoms with van der Waals surface area (Å²) >= 11 is 3.42. The number of amides is 2. The van der Waals surface area contributed by atoms with Gasteiger partial charge in [-0.25, -0.2) is 4.79 Å². The summed E-state index contributed by atoms with van der Waals surface area (Å²) in [6.45, 7) is 7.61. The predicted octanol–water partition coefficient (Wildman–Crippen LogP) is 3.51. The molecular weight excluding hydrogens is 388 g/mol.